The molecule has 0 spiro atoms. The van der Waals surface area contributed by atoms with E-state index in [1.807, 2.05) is 57.3 Å². The molecule has 7 nitrogen and oxygen atoms in total. The normalized spacial score (nSPS) is 16.6. The van der Waals surface area contributed by atoms with Gasteiger partial charge in [0.25, 0.3) is 0 Å². The Labute approximate surface area is 194 Å². The molecule has 0 radical (unpaired) electrons. The summed E-state index contributed by atoms with van der Waals surface area (Å²) in [6.07, 6.45) is 2.41. The highest BCUT2D eigenvalue weighted by Crippen LogP contribution is 2.38. The van der Waals surface area contributed by atoms with Gasteiger partial charge in [0, 0.05) is 33.4 Å². The number of nitrogen functional groups attached to an aromatic ring is 1. The van der Waals surface area contributed by atoms with Crippen molar-refractivity contribution in [2.75, 3.05) is 12.8 Å². The molecule has 3 N–H and O–H groups in total. The summed E-state index contributed by atoms with van der Waals surface area (Å²) in [5, 5.41) is 7.34. The van der Waals surface area contributed by atoms with E-state index in [1.165, 1.54) is 5.56 Å². The molecule has 0 fully saturated rings. The summed E-state index contributed by atoms with van der Waals surface area (Å²) in [4.78, 5) is 9.97. The van der Waals surface area contributed by atoms with E-state index >= 15 is 0 Å². The van der Waals surface area contributed by atoms with Crippen LogP contribution in [0.15, 0.2) is 64.1 Å². The molecule has 0 saturated heterocycles. The van der Waals surface area contributed by atoms with E-state index in [0.29, 0.717) is 22.8 Å². The molecular formula is C25H25N5O2S. The lowest BCUT2D eigenvalue weighted by Crippen LogP contribution is -2.22. The zero-order valence-corrected chi connectivity index (χ0v) is 19.6. The van der Waals surface area contributed by atoms with Crippen molar-refractivity contribution in [2.24, 2.45) is 0 Å². The van der Waals surface area contributed by atoms with Crippen molar-refractivity contribution in [2.45, 2.75) is 36.5 Å². The van der Waals surface area contributed by atoms with Crippen LogP contribution in [0.4, 0.5) is 5.82 Å². The number of hydrogen-bond donors (Lipinski definition) is 2. The number of aromatic nitrogens is 3. The molecule has 4 aromatic rings. The first-order valence-electron chi connectivity index (χ1n) is 10.7. The Morgan fingerprint density at radius 3 is 2.61 bits per heavy atom. The molecule has 168 valence electrons. The van der Waals surface area contributed by atoms with Crippen molar-refractivity contribution in [3.8, 4) is 34.0 Å². The van der Waals surface area contributed by atoms with E-state index in [0.717, 1.165) is 34.6 Å². The Balaban J connectivity index is 1.47. The van der Waals surface area contributed by atoms with Crippen LogP contribution in [0, 0.1) is 0 Å². The number of nitrogens with one attached hydrogen (secondary N) is 1. The predicted octanol–water partition coefficient (Wildman–Crippen LogP) is 4.21. The van der Waals surface area contributed by atoms with Crippen LogP contribution in [-0.4, -0.2) is 31.1 Å². The Morgan fingerprint density at radius 1 is 1.09 bits per heavy atom. The van der Waals surface area contributed by atoms with Gasteiger partial charge in [-0.1, -0.05) is 35.5 Å². The third-order valence-electron chi connectivity index (χ3n) is 5.85. The van der Waals surface area contributed by atoms with Crippen molar-refractivity contribution in [1.29, 1.82) is 0 Å². The predicted molar refractivity (Wildman–Crippen MR) is 130 cm³/mol. The second-order valence-corrected chi connectivity index (χ2v) is 10.9. The number of fused-ring (bicyclic) bond motifs is 1. The molecular weight excluding hydrogens is 434 g/mol. The maximum Gasteiger partial charge on any atom is 0.189 e. The van der Waals surface area contributed by atoms with Gasteiger partial charge >= 0.3 is 0 Å². The highest BCUT2D eigenvalue weighted by atomic mass is 32.2. The zero-order chi connectivity index (χ0) is 23.2. The van der Waals surface area contributed by atoms with E-state index in [-0.39, 0.29) is 10.6 Å². The van der Waals surface area contributed by atoms with Gasteiger partial charge in [0.2, 0.25) is 0 Å². The summed E-state index contributed by atoms with van der Waals surface area (Å²) in [5.74, 6) is 0.730. The minimum absolute atomic E-state index is 0.263. The third kappa shape index (κ3) is 3.96. The first-order valence-corrected chi connectivity index (χ1v) is 11.9. The summed E-state index contributed by atoms with van der Waals surface area (Å²) >= 11 is 0. The van der Waals surface area contributed by atoms with Crippen LogP contribution in [0.1, 0.15) is 25.0 Å². The number of nitrogens with zero attached hydrogens (tertiary/aromatic N) is 3. The highest BCUT2D eigenvalue weighted by Gasteiger charge is 2.36. The average molecular weight is 460 g/mol. The molecule has 1 atom stereocenters. The van der Waals surface area contributed by atoms with Crippen LogP contribution < -0.4 is 11.1 Å². The van der Waals surface area contributed by atoms with Crippen LogP contribution in [0.5, 0.6) is 0 Å². The fourth-order valence-corrected chi connectivity index (χ4v) is 5.56. The Bertz CT molecular complexity index is 1360. The summed E-state index contributed by atoms with van der Waals surface area (Å²) in [6, 6.07) is 15.9. The van der Waals surface area contributed by atoms with Gasteiger partial charge in [0.05, 0.1) is 22.7 Å². The molecule has 2 aromatic heterocycles. The average Bonchev–Trinajstić information content (AvgIpc) is 3.37. The van der Waals surface area contributed by atoms with Crippen molar-refractivity contribution < 1.29 is 8.73 Å². The van der Waals surface area contributed by atoms with Crippen LogP contribution in [-0.2, 0) is 23.8 Å². The number of benzene rings is 2. The third-order valence-corrected chi connectivity index (χ3v) is 7.79. The van der Waals surface area contributed by atoms with E-state index in [2.05, 4.69) is 27.6 Å². The molecule has 1 aliphatic rings. The zero-order valence-electron chi connectivity index (χ0n) is 18.8. The standard InChI is InChI=1S/C25H25N5O2S/c1-25(2)12-18-10-17(8-9-22(18)33(25)31)20-14-28-24(26)23(29-20)21-11-19(30-32-21)16-6-4-15(5-7-16)13-27-3/h4-11,14,27H,12-13H2,1-3H3,(H2,26,28). The molecule has 0 saturated carbocycles. The minimum atomic E-state index is -1.01. The quantitative estimate of drug-likeness (QED) is 0.460. The molecule has 0 aliphatic carbocycles. The maximum absolute atomic E-state index is 12.7. The second-order valence-electron chi connectivity index (χ2n) is 8.82. The lowest BCUT2D eigenvalue weighted by atomic mass is 10.00. The molecule has 3 heterocycles. The Hall–Kier alpha value is -3.36. The molecule has 1 unspecified atom stereocenters. The molecule has 1 aliphatic heterocycles. The second kappa shape index (κ2) is 8.20. The summed E-state index contributed by atoms with van der Waals surface area (Å²) in [5.41, 5.74) is 12.1. The largest absolute Gasteiger partial charge is 0.382 e. The van der Waals surface area contributed by atoms with Gasteiger partial charge in [0.1, 0.15) is 5.69 Å². The lowest BCUT2D eigenvalue weighted by molar-refractivity contribution is 0.434. The van der Waals surface area contributed by atoms with Gasteiger partial charge in [-0.2, -0.15) is 0 Å². The lowest BCUT2D eigenvalue weighted by Gasteiger charge is -2.13. The SMILES string of the molecule is CNCc1ccc(-c2cc(-c3nc(-c4ccc5c(c4)CC(C)(C)S5=O)cnc3N)on2)cc1. The first kappa shape index (κ1) is 21.5. The molecule has 33 heavy (non-hydrogen) atoms. The van der Waals surface area contributed by atoms with Crippen LogP contribution in [0.2, 0.25) is 0 Å². The van der Waals surface area contributed by atoms with Gasteiger partial charge in [-0.15, -0.1) is 0 Å². The van der Waals surface area contributed by atoms with E-state index in [9.17, 15) is 4.21 Å². The Morgan fingerprint density at radius 2 is 1.85 bits per heavy atom. The fraction of sp³-hybridized carbons (Fsp3) is 0.240. The minimum Gasteiger partial charge on any atom is -0.382 e. The molecule has 5 rings (SSSR count). The molecule has 8 heteroatoms. The summed E-state index contributed by atoms with van der Waals surface area (Å²) < 4.78 is 18.0. The topological polar surface area (TPSA) is 107 Å². The van der Waals surface area contributed by atoms with E-state index in [4.69, 9.17) is 15.2 Å². The van der Waals surface area contributed by atoms with E-state index < -0.39 is 10.8 Å². The van der Waals surface area contributed by atoms with Crippen LogP contribution in [0.25, 0.3) is 34.0 Å². The van der Waals surface area contributed by atoms with Gasteiger partial charge in [-0.3, -0.25) is 4.21 Å². The number of hydrogen-bond acceptors (Lipinski definition) is 7. The van der Waals surface area contributed by atoms with Crippen LogP contribution in [0.3, 0.4) is 0 Å². The number of anilines is 1. The maximum atomic E-state index is 12.7. The fourth-order valence-electron chi connectivity index (χ4n) is 4.12. The first-order chi connectivity index (χ1) is 15.9. The van der Waals surface area contributed by atoms with Gasteiger partial charge in [0.15, 0.2) is 17.3 Å². The molecule has 0 bridgehead atoms. The van der Waals surface area contributed by atoms with Crippen molar-refractivity contribution in [3.63, 3.8) is 0 Å². The van der Waals surface area contributed by atoms with Gasteiger partial charge < -0.3 is 15.6 Å². The van der Waals surface area contributed by atoms with E-state index in [1.54, 1.807) is 6.20 Å². The monoisotopic (exact) mass is 459 g/mol. The van der Waals surface area contributed by atoms with Crippen molar-refractivity contribution in [1.82, 2.24) is 20.4 Å². The summed E-state index contributed by atoms with van der Waals surface area (Å²) in [6.45, 7) is 4.86. The van der Waals surface area contributed by atoms with Crippen molar-refractivity contribution in [3.05, 3.63) is 65.9 Å². The van der Waals surface area contributed by atoms with Gasteiger partial charge in [-0.25, -0.2) is 9.97 Å². The number of nitrogens with two attached hydrogens (primary N) is 1. The van der Waals surface area contributed by atoms with Crippen LogP contribution >= 0.6 is 0 Å². The van der Waals surface area contributed by atoms with Crippen molar-refractivity contribution >= 4 is 16.6 Å². The highest BCUT2D eigenvalue weighted by molar-refractivity contribution is 7.86. The molecule has 2 aromatic carbocycles. The Kier molecular flexibility index (Phi) is 5.34. The number of rotatable bonds is 5. The smallest absolute Gasteiger partial charge is 0.189 e. The molecule has 0 amide bonds. The summed E-state index contributed by atoms with van der Waals surface area (Å²) in [7, 11) is 0.907. The van der Waals surface area contributed by atoms with Gasteiger partial charge in [-0.05, 0) is 50.6 Å².